The van der Waals surface area contributed by atoms with Gasteiger partial charge in [0.2, 0.25) is 0 Å². The van der Waals surface area contributed by atoms with Crippen molar-refractivity contribution in [3.63, 3.8) is 0 Å². The number of hydrogen-bond donors (Lipinski definition) is 1. The van der Waals surface area contributed by atoms with Crippen LogP contribution in [0, 0.1) is 13.8 Å². The van der Waals surface area contributed by atoms with E-state index in [0.717, 1.165) is 27.1 Å². The van der Waals surface area contributed by atoms with E-state index in [1.807, 2.05) is 54.8 Å². The van der Waals surface area contributed by atoms with E-state index in [1.165, 1.54) is 5.56 Å². The lowest BCUT2D eigenvalue weighted by molar-refractivity contribution is 0.0963. The number of carbonyl (C=O) groups is 1. The fourth-order valence-corrected chi connectivity index (χ4v) is 3.11. The van der Waals surface area contributed by atoms with Gasteiger partial charge in [0.1, 0.15) is 15.9 Å². The van der Waals surface area contributed by atoms with E-state index in [2.05, 4.69) is 21.2 Å². The predicted octanol–water partition coefficient (Wildman–Crippen LogP) is 3.74. The van der Waals surface area contributed by atoms with Crippen LogP contribution in [0.5, 0.6) is 0 Å². The predicted molar refractivity (Wildman–Crippen MR) is 91.2 cm³/mol. The van der Waals surface area contributed by atoms with Crippen molar-refractivity contribution >= 4 is 27.5 Å². The molecule has 1 N–H and O–H groups in total. The number of aromatic nitrogens is 2. The second-order valence-electron chi connectivity index (χ2n) is 5.29. The number of nitrogens with one attached hydrogen (secondary N) is 1. The Labute approximate surface area is 137 Å². The van der Waals surface area contributed by atoms with Gasteiger partial charge in [-0.25, -0.2) is 4.98 Å². The zero-order valence-electron chi connectivity index (χ0n) is 12.6. The number of amides is 1. The average molecular weight is 358 g/mol. The van der Waals surface area contributed by atoms with Crippen molar-refractivity contribution in [1.82, 2.24) is 14.7 Å². The van der Waals surface area contributed by atoms with Gasteiger partial charge in [0.25, 0.3) is 5.91 Å². The molecule has 0 bridgehead atoms. The fourth-order valence-electron chi connectivity index (χ4n) is 2.50. The third-order valence-corrected chi connectivity index (χ3v) is 4.45. The van der Waals surface area contributed by atoms with Crippen LogP contribution in [0.15, 0.2) is 41.1 Å². The van der Waals surface area contributed by atoms with Gasteiger partial charge >= 0.3 is 0 Å². The minimum absolute atomic E-state index is 0.0839. The first-order chi connectivity index (χ1) is 10.5. The molecule has 0 fully saturated rings. The van der Waals surface area contributed by atoms with E-state index in [9.17, 15) is 4.79 Å². The number of aryl methyl sites for hydroxylation is 2. The second kappa shape index (κ2) is 5.57. The standard InChI is InChI=1S/C17H16BrN3O/c1-10-6-7-21-14(8-10)20-15(16(21)18)13-5-4-12(9-11(13)2)17(22)19-3/h4-9H,1-3H3,(H,19,22). The van der Waals surface area contributed by atoms with Crippen molar-refractivity contribution in [2.24, 2.45) is 0 Å². The third kappa shape index (κ3) is 2.41. The third-order valence-electron chi connectivity index (χ3n) is 3.69. The van der Waals surface area contributed by atoms with Crippen LogP contribution >= 0.6 is 15.9 Å². The van der Waals surface area contributed by atoms with E-state index in [1.54, 1.807) is 7.05 Å². The maximum absolute atomic E-state index is 11.7. The van der Waals surface area contributed by atoms with E-state index >= 15 is 0 Å². The second-order valence-corrected chi connectivity index (χ2v) is 6.04. The van der Waals surface area contributed by atoms with Crippen molar-refractivity contribution in [3.05, 3.63) is 57.8 Å². The van der Waals surface area contributed by atoms with Gasteiger partial charge in [0, 0.05) is 24.4 Å². The summed E-state index contributed by atoms with van der Waals surface area (Å²) in [5.41, 5.74) is 5.63. The smallest absolute Gasteiger partial charge is 0.251 e. The van der Waals surface area contributed by atoms with Crippen molar-refractivity contribution in [2.75, 3.05) is 7.05 Å². The molecule has 2 aromatic heterocycles. The molecule has 1 aromatic carbocycles. The Hall–Kier alpha value is -2.14. The van der Waals surface area contributed by atoms with Gasteiger partial charge in [-0.1, -0.05) is 6.07 Å². The molecule has 0 aliphatic heterocycles. The minimum atomic E-state index is -0.0839. The van der Waals surface area contributed by atoms with Crippen molar-refractivity contribution in [3.8, 4) is 11.3 Å². The molecular formula is C17H16BrN3O. The zero-order chi connectivity index (χ0) is 15.9. The number of pyridine rings is 1. The van der Waals surface area contributed by atoms with Crippen molar-refractivity contribution in [1.29, 1.82) is 0 Å². The number of halogens is 1. The highest BCUT2D eigenvalue weighted by Crippen LogP contribution is 2.31. The number of benzene rings is 1. The molecule has 0 aliphatic carbocycles. The number of carbonyl (C=O) groups excluding carboxylic acids is 1. The van der Waals surface area contributed by atoms with Gasteiger partial charge in [-0.05, 0) is 65.2 Å². The van der Waals surface area contributed by atoms with E-state index in [4.69, 9.17) is 4.98 Å². The van der Waals surface area contributed by atoms with Crippen LogP contribution in [-0.2, 0) is 0 Å². The van der Waals surface area contributed by atoms with E-state index in [0.29, 0.717) is 5.56 Å². The summed E-state index contributed by atoms with van der Waals surface area (Å²) in [4.78, 5) is 16.4. The topological polar surface area (TPSA) is 46.4 Å². The number of hydrogen-bond acceptors (Lipinski definition) is 2. The zero-order valence-corrected chi connectivity index (χ0v) is 14.2. The quantitative estimate of drug-likeness (QED) is 0.759. The average Bonchev–Trinajstić information content (AvgIpc) is 2.82. The molecule has 22 heavy (non-hydrogen) atoms. The summed E-state index contributed by atoms with van der Waals surface area (Å²) in [7, 11) is 1.63. The Bertz CT molecular complexity index is 883. The van der Waals surface area contributed by atoms with Crippen LogP contribution in [0.25, 0.3) is 16.9 Å². The lowest BCUT2D eigenvalue weighted by Gasteiger charge is -2.06. The fraction of sp³-hybridized carbons (Fsp3) is 0.176. The molecule has 0 saturated carbocycles. The lowest BCUT2D eigenvalue weighted by Crippen LogP contribution is -2.17. The Balaban J connectivity index is 2.15. The van der Waals surface area contributed by atoms with Gasteiger partial charge in [0.15, 0.2) is 0 Å². The molecule has 3 rings (SSSR count). The maximum Gasteiger partial charge on any atom is 0.251 e. The number of fused-ring (bicyclic) bond motifs is 1. The first-order valence-corrected chi connectivity index (χ1v) is 7.78. The van der Waals surface area contributed by atoms with Crippen LogP contribution in [-0.4, -0.2) is 22.3 Å². The summed E-state index contributed by atoms with van der Waals surface area (Å²) in [6, 6.07) is 9.74. The number of nitrogens with zero attached hydrogens (tertiary/aromatic N) is 2. The molecule has 0 spiro atoms. The number of imidazole rings is 1. The molecule has 0 radical (unpaired) electrons. The SMILES string of the molecule is CNC(=O)c1ccc(-c2nc3cc(C)ccn3c2Br)c(C)c1. The van der Waals surface area contributed by atoms with Gasteiger partial charge in [-0.2, -0.15) is 0 Å². The van der Waals surface area contributed by atoms with Crippen LogP contribution in [0.3, 0.4) is 0 Å². The Morgan fingerprint density at radius 2 is 2.00 bits per heavy atom. The summed E-state index contributed by atoms with van der Waals surface area (Å²) >= 11 is 3.63. The van der Waals surface area contributed by atoms with Gasteiger partial charge in [-0.3, -0.25) is 9.20 Å². The Morgan fingerprint density at radius 3 is 2.68 bits per heavy atom. The molecule has 112 valence electrons. The summed E-state index contributed by atoms with van der Waals surface area (Å²) in [6.45, 7) is 4.04. The first kappa shape index (κ1) is 14.8. The first-order valence-electron chi connectivity index (χ1n) is 6.98. The van der Waals surface area contributed by atoms with Gasteiger partial charge < -0.3 is 5.32 Å². The highest BCUT2D eigenvalue weighted by Gasteiger charge is 2.15. The van der Waals surface area contributed by atoms with Crippen LogP contribution in [0.4, 0.5) is 0 Å². The summed E-state index contributed by atoms with van der Waals surface area (Å²) < 4.78 is 2.92. The maximum atomic E-state index is 11.7. The number of rotatable bonds is 2. The Morgan fingerprint density at radius 1 is 1.23 bits per heavy atom. The van der Waals surface area contributed by atoms with Crippen molar-refractivity contribution < 1.29 is 4.79 Å². The Kier molecular flexibility index (Phi) is 3.74. The molecule has 0 unspecified atom stereocenters. The largest absolute Gasteiger partial charge is 0.355 e. The highest BCUT2D eigenvalue weighted by molar-refractivity contribution is 9.10. The van der Waals surface area contributed by atoms with Crippen LogP contribution in [0.2, 0.25) is 0 Å². The van der Waals surface area contributed by atoms with Crippen LogP contribution < -0.4 is 5.32 Å². The van der Waals surface area contributed by atoms with Gasteiger partial charge in [0.05, 0.1) is 0 Å². The summed E-state index contributed by atoms with van der Waals surface area (Å²) in [5.74, 6) is -0.0839. The molecule has 2 heterocycles. The summed E-state index contributed by atoms with van der Waals surface area (Å²) in [6.07, 6.45) is 2.00. The summed E-state index contributed by atoms with van der Waals surface area (Å²) in [5, 5.41) is 2.64. The lowest BCUT2D eigenvalue weighted by atomic mass is 10.0. The molecule has 4 nitrogen and oxygen atoms in total. The van der Waals surface area contributed by atoms with Crippen LogP contribution in [0.1, 0.15) is 21.5 Å². The van der Waals surface area contributed by atoms with E-state index < -0.39 is 0 Å². The van der Waals surface area contributed by atoms with Crippen molar-refractivity contribution in [2.45, 2.75) is 13.8 Å². The normalized spacial score (nSPS) is 10.9. The molecule has 1 amide bonds. The monoisotopic (exact) mass is 357 g/mol. The minimum Gasteiger partial charge on any atom is -0.355 e. The van der Waals surface area contributed by atoms with Gasteiger partial charge in [-0.15, -0.1) is 0 Å². The molecular weight excluding hydrogens is 342 g/mol. The highest BCUT2D eigenvalue weighted by atomic mass is 79.9. The molecule has 0 saturated heterocycles. The van der Waals surface area contributed by atoms with E-state index in [-0.39, 0.29) is 5.91 Å². The molecule has 0 aliphatic rings. The molecule has 3 aromatic rings. The molecule has 0 atom stereocenters. The molecule has 5 heteroatoms.